The fourth-order valence-electron chi connectivity index (χ4n) is 5.52. The molecule has 0 unspecified atom stereocenters. The number of alkyl halides is 2. The second-order valence-corrected chi connectivity index (χ2v) is 9.65. The molecule has 11 heteroatoms. The van der Waals surface area contributed by atoms with E-state index < -0.39 is 31.5 Å². The van der Waals surface area contributed by atoms with Crippen LogP contribution in [0, 0.1) is 5.92 Å². The first-order valence-corrected chi connectivity index (χ1v) is 12.0. The fourth-order valence-corrected chi connectivity index (χ4v) is 5.52. The number of halogens is 2. The van der Waals surface area contributed by atoms with E-state index in [1.54, 1.807) is 24.7 Å². The highest BCUT2D eigenvalue weighted by atomic mass is 19.3. The molecule has 2 N–H and O–H groups in total. The van der Waals surface area contributed by atoms with Crippen LogP contribution in [0.2, 0.25) is 0 Å². The smallest absolute Gasteiger partial charge is 0.387 e. The molecular weight excluding hydrogens is 480 g/mol. The molecule has 0 spiro atoms. The van der Waals surface area contributed by atoms with Crippen LogP contribution < -0.4 is 10.5 Å². The molecule has 4 heterocycles. The minimum atomic E-state index is -3.13. The van der Waals surface area contributed by atoms with Gasteiger partial charge in [-0.3, -0.25) is 4.79 Å². The Morgan fingerprint density at radius 2 is 2.00 bits per heavy atom. The van der Waals surface area contributed by atoms with E-state index in [1.807, 2.05) is 0 Å². The molecule has 1 amide bonds. The molecule has 1 aliphatic heterocycles. The topological polar surface area (TPSA) is 112 Å². The summed E-state index contributed by atoms with van der Waals surface area (Å²) in [6.07, 6.45) is 7.26. The molecule has 1 fully saturated rings. The second kappa shape index (κ2) is 8.01. The number of carbonyl (C=O) groups is 1. The summed E-state index contributed by atoms with van der Waals surface area (Å²) in [5, 5.41) is 4.61. The number of ether oxygens (including phenoxy) is 1. The van der Waals surface area contributed by atoms with E-state index >= 15 is 0 Å². The predicted molar refractivity (Wildman–Crippen MR) is 128 cm³/mol. The average Bonchev–Trinajstić information content (AvgIpc) is 3.63. The number of fused-ring (bicyclic) bond motifs is 9. The van der Waals surface area contributed by atoms with Crippen molar-refractivity contribution in [1.82, 2.24) is 29.5 Å². The Bertz CT molecular complexity index is 1660. The molecule has 3 aliphatic rings. The van der Waals surface area contributed by atoms with Crippen molar-refractivity contribution in [1.29, 1.82) is 0 Å². The number of nitrogens with two attached hydrogens (primary N) is 1. The van der Waals surface area contributed by atoms with Gasteiger partial charge in [-0.1, -0.05) is 6.07 Å². The van der Waals surface area contributed by atoms with Crippen molar-refractivity contribution >= 4 is 11.6 Å². The third-order valence-corrected chi connectivity index (χ3v) is 7.46. The molecule has 188 valence electrons. The van der Waals surface area contributed by atoms with Crippen LogP contribution in [0.5, 0.6) is 5.75 Å². The first kappa shape index (κ1) is 19.2. The van der Waals surface area contributed by atoms with Gasteiger partial charge in [-0.25, -0.2) is 19.5 Å². The molecule has 3 aromatic heterocycles. The van der Waals surface area contributed by atoms with Gasteiger partial charge in [-0.15, -0.1) is 0 Å². The highest BCUT2D eigenvalue weighted by Crippen LogP contribution is 2.53. The standard InChI is InChI=1S/C26H23F2N7O2/c1-34-17-9-15(19-14(25(34)36)3-2-4-18(19)37-26(27)28)20-22(17)33-35-8-7-16(32-24(20)35)13-10-30-23(31-11-13)21(29)12-5-6-12/h2-4,7-8,10-12,15,17,21,26H,5-6,9,29H2,1H3/t15-,17-,21+/m1/s1/i1D3. The molecule has 0 radical (unpaired) electrons. The van der Waals surface area contributed by atoms with E-state index in [0.717, 1.165) is 17.7 Å². The summed E-state index contributed by atoms with van der Waals surface area (Å²) in [6, 6.07) is 4.79. The molecule has 37 heavy (non-hydrogen) atoms. The number of hydrogen-bond donors (Lipinski definition) is 1. The minimum Gasteiger partial charge on any atom is -0.434 e. The minimum absolute atomic E-state index is 0.00100. The zero-order valence-electron chi connectivity index (χ0n) is 22.4. The van der Waals surface area contributed by atoms with Crippen molar-refractivity contribution in [2.24, 2.45) is 11.7 Å². The van der Waals surface area contributed by atoms with E-state index in [2.05, 4.69) is 15.1 Å². The van der Waals surface area contributed by atoms with Crippen molar-refractivity contribution in [2.45, 2.75) is 43.9 Å². The Morgan fingerprint density at radius 3 is 2.73 bits per heavy atom. The zero-order valence-corrected chi connectivity index (χ0v) is 19.4. The predicted octanol–water partition coefficient (Wildman–Crippen LogP) is 3.86. The van der Waals surface area contributed by atoms with Gasteiger partial charge in [0.05, 0.1) is 23.5 Å². The van der Waals surface area contributed by atoms with Gasteiger partial charge in [0, 0.05) is 57.9 Å². The van der Waals surface area contributed by atoms with Crippen LogP contribution in [-0.2, 0) is 0 Å². The van der Waals surface area contributed by atoms with Crippen molar-refractivity contribution < 1.29 is 22.4 Å². The molecule has 2 aliphatic carbocycles. The summed E-state index contributed by atoms with van der Waals surface area (Å²) in [7, 11) is 0. The summed E-state index contributed by atoms with van der Waals surface area (Å²) in [4.78, 5) is 28.1. The third-order valence-electron chi connectivity index (χ3n) is 7.46. The fraction of sp³-hybridized carbons (Fsp3) is 0.346. The van der Waals surface area contributed by atoms with Crippen molar-refractivity contribution in [3.63, 3.8) is 0 Å². The number of benzene rings is 1. The Balaban J connectivity index is 1.39. The Morgan fingerprint density at radius 1 is 1.19 bits per heavy atom. The first-order valence-electron chi connectivity index (χ1n) is 13.5. The van der Waals surface area contributed by atoms with Crippen LogP contribution in [0.4, 0.5) is 8.78 Å². The summed E-state index contributed by atoms with van der Waals surface area (Å²) in [5.41, 5.74) is 8.95. The summed E-state index contributed by atoms with van der Waals surface area (Å²) < 4.78 is 57.5. The lowest BCUT2D eigenvalue weighted by molar-refractivity contribution is -0.0505. The Hall–Kier alpha value is -3.99. The highest BCUT2D eigenvalue weighted by Gasteiger charge is 2.46. The maximum atomic E-state index is 13.5. The zero-order chi connectivity index (χ0) is 27.9. The summed E-state index contributed by atoms with van der Waals surface area (Å²) in [6.45, 7) is -5.94. The number of rotatable bonds is 5. The van der Waals surface area contributed by atoms with Gasteiger partial charge < -0.3 is 15.4 Å². The van der Waals surface area contributed by atoms with Crippen molar-refractivity contribution in [3.05, 3.63) is 71.1 Å². The van der Waals surface area contributed by atoms with Gasteiger partial charge in [0.1, 0.15) is 11.6 Å². The molecule has 3 atom stereocenters. The summed E-state index contributed by atoms with van der Waals surface area (Å²) >= 11 is 0. The quantitative estimate of drug-likeness (QED) is 0.438. The SMILES string of the molecule is [2H]C([2H])([2H])N1C(=O)c2cccc(OC(F)F)c2[C@H]2C[C@@H]1c1nn3ccc(-c4cnc([C@@H](N)C5CC5)nc4)nc3c12. The van der Waals surface area contributed by atoms with Crippen LogP contribution in [0.3, 0.4) is 0 Å². The molecule has 4 aromatic rings. The molecule has 7 rings (SSSR count). The van der Waals surface area contributed by atoms with Crippen LogP contribution in [-0.4, -0.2) is 49.0 Å². The lowest BCUT2D eigenvalue weighted by Gasteiger charge is -2.23. The lowest BCUT2D eigenvalue weighted by Crippen LogP contribution is -2.30. The normalized spacial score (nSPS) is 22.8. The molecule has 1 saturated carbocycles. The third kappa shape index (κ3) is 3.41. The number of hydrogen-bond acceptors (Lipinski definition) is 7. The molecule has 9 nitrogen and oxygen atoms in total. The van der Waals surface area contributed by atoms with E-state index in [1.165, 1.54) is 22.7 Å². The van der Waals surface area contributed by atoms with Gasteiger partial charge >= 0.3 is 6.61 Å². The van der Waals surface area contributed by atoms with E-state index in [4.69, 9.17) is 19.6 Å². The number of nitrogens with zero attached hydrogens (tertiary/aromatic N) is 6. The lowest BCUT2D eigenvalue weighted by atomic mass is 9.89. The second-order valence-electron chi connectivity index (χ2n) is 9.65. The number of amides is 1. The van der Waals surface area contributed by atoms with Gasteiger partial charge in [-0.05, 0) is 43.4 Å². The van der Waals surface area contributed by atoms with Crippen LogP contribution in [0.15, 0.2) is 42.9 Å². The van der Waals surface area contributed by atoms with Gasteiger partial charge in [-0.2, -0.15) is 13.9 Å². The van der Waals surface area contributed by atoms with E-state index in [-0.39, 0.29) is 29.3 Å². The van der Waals surface area contributed by atoms with Gasteiger partial charge in [0.25, 0.3) is 5.91 Å². The molecular formula is C26H23F2N7O2. The maximum Gasteiger partial charge on any atom is 0.387 e. The number of aromatic nitrogens is 5. The summed E-state index contributed by atoms with van der Waals surface area (Å²) in [5.74, 6) is -0.658. The van der Waals surface area contributed by atoms with Crippen molar-refractivity contribution in [2.75, 3.05) is 6.98 Å². The molecule has 0 saturated heterocycles. The number of carbonyl (C=O) groups excluding carboxylic acids is 1. The molecule has 1 aromatic carbocycles. The molecule has 2 bridgehead atoms. The largest absolute Gasteiger partial charge is 0.434 e. The first-order chi connectivity index (χ1) is 19.1. The monoisotopic (exact) mass is 506 g/mol. The maximum absolute atomic E-state index is 13.5. The van der Waals surface area contributed by atoms with E-state index in [9.17, 15) is 13.6 Å². The Kier molecular flexibility index (Phi) is 4.15. The van der Waals surface area contributed by atoms with Gasteiger partial charge in [0.2, 0.25) is 0 Å². The van der Waals surface area contributed by atoms with Crippen molar-refractivity contribution in [3.8, 4) is 17.0 Å². The average molecular weight is 507 g/mol. The Labute approximate surface area is 214 Å². The van der Waals surface area contributed by atoms with Crippen LogP contribution >= 0.6 is 0 Å². The van der Waals surface area contributed by atoms with E-state index in [0.29, 0.717) is 39.9 Å². The van der Waals surface area contributed by atoms with Gasteiger partial charge in [0.15, 0.2) is 5.65 Å². The highest BCUT2D eigenvalue weighted by molar-refractivity contribution is 5.98. The van der Waals surface area contributed by atoms with Crippen LogP contribution in [0.1, 0.15) is 74.4 Å². The van der Waals surface area contributed by atoms with Crippen LogP contribution in [0.25, 0.3) is 16.9 Å².